The maximum Gasteiger partial charge on any atom is 0.251 e. The van der Waals surface area contributed by atoms with Gasteiger partial charge in [-0.25, -0.2) is 9.97 Å². The van der Waals surface area contributed by atoms with Crippen molar-refractivity contribution in [2.24, 2.45) is 0 Å². The Labute approximate surface area is 149 Å². The van der Waals surface area contributed by atoms with Crippen molar-refractivity contribution >= 4 is 16.8 Å². The zero-order valence-corrected chi connectivity index (χ0v) is 14.1. The SMILES string of the molecule is Cc1cc(CNC(=O)c2ccc3noc(-c4ccccc4)c3c2)ncn1. The summed E-state index contributed by atoms with van der Waals surface area (Å²) in [5.41, 5.74) is 3.81. The van der Waals surface area contributed by atoms with Gasteiger partial charge in [0.15, 0.2) is 5.76 Å². The van der Waals surface area contributed by atoms with Gasteiger partial charge in [0.25, 0.3) is 5.91 Å². The summed E-state index contributed by atoms with van der Waals surface area (Å²) in [5, 5.41) is 7.76. The van der Waals surface area contributed by atoms with Crippen molar-refractivity contribution in [1.29, 1.82) is 0 Å². The zero-order valence-electron chi connectivity index (χ0n) is 14.1. The summed E-state index contributed by atoms with van der Waals surface area (Å²) >= 11 is 0. The molecule has 0 spiro atoms. The standard InChI is InChI=1S/C20H16N4O2/c1-13-9-16(23-12-22-13)11-21-20(25)15-7-8-18-17(10-15)19(26-24-18)14-5-3-2-4-6-14/h2-10,12H,11H2,1H3,(H,21,25). The Morgan fingerprint density at radius 3 is 2.73 bits per heavy atom. The number of aryl methyl sites for hydroxylation is 1. The Kier molecular flexibility index (Phi) is 4.15. The molecule has 0 atom stereocenters. The lowest BCUT2D eigenvalue weighted by atomic mass is 10.1. The average Bonchev–Trinajstić information content (AvgIpc) is 3.10. The lowest BCUT2D eigenvalue weighted by Crippen LogP contribution is -2.23. The molecule has 4 aromatic rings. The molecule has 6 nitrogen and oxygen atoms in total. The number of nitrogens with one attached hydrogen (secondary N) is 1. The molecule has 6 heteroatoms. The second kappa shape index (κ2) is 6.76. The zero-order chi connectivity index (χ0) is 17.9. The molecule has 1 amide bonds. The monoisotopic (exact) mass is 344 g/mol. The van der Waals surface area contributed by atoms with E-state index in [2.05, 4.69) is 20.4 Å². The van der Waals surface area contributed by atoms with Crippen LogP contribution in [0.1, 0.15) is 21.7 Å². The summed E-state index contributed by atoms with van der Waals surface area (Å²) in [5.74, 6) is 0.477. The van der Waals surface area contributed by atoms with Crippen molar-refractivity contribution in [3.05, 3.63) is 77.9 Å². The predicted octanol–water partition coefficient (Wildman–Crippen LogP) is 3.52. The maximum absolute atomic E-state index is 12.5. The van der Waals surface area contributed by atoms with Gasteiger partial charge in [0.2, 0.25) is 0 Å². The molecule has 2 heterocycles. The third kappa shape index (κ3) is 3.17. The van der Waals surface area contributed by atoms with E-state index in [0.29, 0.717) is 23.4 Å². The van der Waals surface area contributed by atoms with Gasteiger partial charge >= 0.3 is 0 Å². The molecule has 1 N–H and O–H groups in total. The number of nitrogens with zero attached hydrogens (tertiary/aromatic N) is 3. The van der Waals surface area contributed by atoms with Crippen LogP contribution in [0.15, 0.2) is 65.4 Å². The van der Waals surface area contributed by atoms with Crippen LogP contribution in [0, 0.1) is 6.92 Å². The number of rotatable bonds is 4. The number of fused-ring (bicyclic) bond motifs is 1. The molecule has 0 radical (unpaired) electrons. The number of carbonyl (C=O) groups excluding carboxylic acids is 1. The van der Waals surface area contributed by atoms with Crippen LogP contribution in [0.2, 0.25) is 0 Å². The van der Waals surface area contributed by atoms with Gasteiger partial charge in [0, 0.05) is 16.8 Å². The molecule has 0 aliphatic carbocycles. The minimum atomic E-state index is -0.177. The van der Waals surface area contributed by atoms with E-state index in [9.17, 15) is 4.79 Å². The molecule has 0 saturated heterocycles. The van der Waals surface area contributed by atoms with E-state index in [0.717, 1.165) is 22.3 Å². The Hall–Kier alpha value is -3.54. The van der Waals surface area contributed by atoms with Crippen molar-refractivity contribution in [3.63, 3.8) is 0 Å². The highest BCUT2D eigenvalue weighted by atomic mass is 16.5. The van der Waals surface area contributed by atoms with Gasteiger partial charge in [0.1, 0.15) is 11.8 Å². The van der Waals surface area contributed by atoms with E-state index in [1.807, 2.05) is 43.3 Å². The van der Waals surface area contributed by atoms with E-state index < -0.39 is 0 Å². The van der Waals surface area contributed by atoms with Gasteiger partial charge in [0.05, 0.1) is 17.6 Å². The fraction of sp³-hybridized carbons (Fsp3) is 0.100. The fourth-order valence-corrected chi connectivity index (χ4v) is 2.76. The van der Waals surface area contributed by atoms with Crippen LogP contribution in [0.3, 0.4) is 0 Å². The normalized spacial score (nSPS) is 10.8. The van der Waals surface area contributed by atoms with Crippen LogP contribution in [-0.2, 0) is 6.54 Å². The highest BCUT2D eigenvalue weighted by molar-refractivity contribution is 6.00. The molecule has 128 valence electrons. The first kappa shape index (κ1) is 16.0. The lowest BCUT2D eigenvalue weighted by molar-refractivity contribution is 0.0950. The number of amides is 1. The molecular weight excluding hydrogens is 328 g/mol. The smallest absolute Gasteiger partial charge is 0.251 e. The van der Waals surface area contributed by atoms with Crippen LogP contribution >= 0.6 is 0 Å². The molecule has 2 aromatic heterocycles. The molecule has 26 heavy (non-hydrogen) atoms. The summed E-state index contributed by atoms with van der Waals surface area (Å²) in [6, 6.07) is 16.9. The van der Waals surface area contributed by atoms with E-state index in [4.69, 9.17) is 4.52 Å². The molecule has 0 unspecified atom stereocenters. The van der Waals surface area contributed by atoms with Crippen molar-refractivity contribution in [2.75, 3.05) is 0 Å². The summed E-state index contributed by atoms with van der Waals surface area (Å²) in [6.45, 7) is 2.23. The second-order valence-corrected chi connectivity index (χ2v) is 5.94. The Morgan fingerprint density at radius 1 is 1.08 bits per heavy atom. The van der Waals surface area contributed by atoms with Crippen LogP contribution in [-0.4, -0.2) is 21.0 Å². The summed E-state index contributed by atoms with van der Waals surface area (Å²) in [7, 11) is 0. The number of carbonyl (C=O) groups is 1. The molecule has 0 bridgehead atoms. The van der Waals surface area contributed by atoms with Gasteiger partial charge in [-0.15, -0.1) is 0 Å². The topological polar surface area (TPSA) is 80.9 Å². The van der Waals surface area contributed by atoms with Crippen molar-refractivity contribution in [2.45, 2.75) is 13.5 Å². The van der Waals surface area contributed by atoms with E-state index in [-0.39, 0.29) is 5.91 Å². The number of benzene rings is 2. The molecule has 0 fully saturated rings. The number of hydrogen-bond donors (Lipinski definition) is 1. The summed E-state index contributed by atoms with van der Waals surface area (Å²) < 4.78 is 5.48. The Bertz CT molecular complexity index is 1070. The maximum atomic E-state index is 12.5. The minimum absolute atomic E-state index is 0.177. The number of hydrogen-bond acceptors (Lipinski definition) is 5. The summed E-state index contributed by atoms with van der Waals surface area (Å²) in [4.78, 5) is 20.7. The fourth-order valence-electron chi connectivity index (χ4n) is 2.76. The lowest BCUT2D eigenvalue weighted by Gasteiger charge is -2.05. The minimum Gasteiger partial charge on any atom is -0.355 e. The highest BCUT2D eigenvalue weighted by Crippen LogP contribution is 2.29. The second-order valence-electron chi connectivity index (χ2n) is 5.94. The molecule has 0 saturated carbocycles. The molecule has 0 aliphatic heterocycles. The quantitative estimate of drug-likeness (QED) is 0.612. The Morgan fingerprint density at radius 2 is 1.92 bits per heavy atom. The van der Waals surface area contributed by atoms with Crippen molar-refractivity contribution in [1.82, 2.24) is 20.4 Å². The molecule has 0 aliphatic rings. The average molecular weight is 344 g/mol. The summed E-state index contributed by atoms with van der Waals surface area (Å²) in [6.07, 6.45) is 1.49. The van der Waals surface area contributed by atoms with Gasteiger partial charge in [-0.2, -0.15) is 0 Å². The first-order chi connectivity index (χ1) is 12.7. The van der Waals surface area contributed by atoms with Crippen LogP contribution in [0.25, 0.3) is 22.2 Å². The van der Waals surface area contributed by atoms with E-state index >= 15 is 0 Å². The van der Waals surface area contributed by atoms with E-state index in [1.54, 1.807) is 18.2 Å². The van der Waals surface area contributed by atoms with Gasteiger partial charge in [-0.05, 0) is 31.2 Å². The van der Waals surface area contributed by atoms with Crippen LogP contribution in [0.5, 0.6) is 0 Å². The molecule has 2 aromatic carbocycles. The third-order valence-corrected chi connectivity index (χ3v) is 4.07. The van der Waals surface area contributed by atoms with Crippen molar-refractivity contribution < 1.29 is 9.32 Å². The highest BCUT2D eigenvalue weighted by Gasteiger charge is 2.14. The van der Waals surface area contributed by atoms with Gasteiger partial charge in [-0.1, -0.05) is 35.5 Å². The number of aromatic nitrogens is 3. The molecular formula is C20H16N4O2. The van der Waals surface area contributed by atoms with E-state index in [1.165, 1.54) is 6.33 Å². The first-order valence-corrected chi connectivity index (χ1v) is 8.21. The van der Waals surface area contributed by atoms with Crippen molar-refractivity contribution in [3.8, 4) is 11.3 Å². The third-order valence-electron chi connectivity index (χ3n) is 4.07. The Balaban J connectivity index is 1.59. The van der Waals surface area contributed by atoms with Crippen LogP contribution in [0.4, 0.5) is 0 Å². The largest absolute Gasteiger partial charge is 0.355 e. The first-order valence-electron chi connectivity index (χ1n) is 8.21. The van der Waals surface area contributed by atoms with Crippen LogP contribution < -0.4 is 5.32 Å². The predicted molar refractivity (Wildman–Crippen MR) is 97.4 cm³/mol. The molecule has 4 rings (SSSR count). The van der Waals surface area contributed by atoms with Gasteiger partial charge < -0.3 is 9.84 Å². The van der Waals surface area contributed by atoms with Gasteiger partial charge in [-0.3, -0.25) is 4.79 Å².